The van der Waals surface area contributed by atoms with Gasteiger partial charge in [0.2, 0.25) is 5.91 Å². The number of aromatic nitrogens is 1. The summed E-state index contributed by atoms with van der Waals surface area (Å²) in [5, 5.41) is 3.29. The molecule has 0 aliphatic carbocycles. The molecule has 2 saturated heterocycles. The summed E-state index contributed by atoms with van der Waals surface area (Å²) in [6.45, 7) is 3.81. The van der Waals surface area contributed by atoms with E-state index >= 15 is 0 Å². The average Bonchev–Trinajstić information content (AvgIpc) is 3.18. The predicted molar refractivity (Wildman–Crippen MR) is 146 cm³/mol. The first-order valence-electron chi connectivity index (χ1n) is 14.0. The van der Waals surface area contributed by atoms with Crippen molar-refractivity contribution in [1.29, 1.82) is 0 Å². The Hall–Kier alpha value is -2.92. The summed E-state index contributed by atoms with van der Waals surface area (Å²) in [5.74, 6) is -0.610. The number of hydrogen-bond donors (Lipinski definition) is 1. The smallest absolute Gasteiger partial charge is 0.382 e. The molecule has 7 nitrogen and oxygen atoms in total. The molecule has 1 N–H and O–H groups in total. The van der Waals surface area contributed by atoms with E-state index in [2.05, 4.69) is 29.0 Å². The van der Waals surface area contributed by atoms with Crippen LogP contribution in [-0.4, -0.2) is 66.9 Å². The molecule has 3 aliphatic rings. The zero-order valence-electron chi connectivity index (χ0n) is 23.2. The van der Waals surface area contributed by atoms with Crippen LogP contribution in [0.2, 0.25) is 0 Å². The second-order valence-electron chi connectivity index (χ2n) is 11.3. The zero-order chi connectivity index (χ0) is 28.6. The van der Waals surface area contributed by atoms with Crippen LogP contribution in [0.25, 0.3) is 0 Å². The van der Waals surface area contributed by atoms with Crippen LogP contribution in [0.5, 0.6) is 0 Å². The summed E-state index contributed by atoms with van der Waals surface area (Å²) in [6, 6.07) is 7.94. The first-order chi connectivity index (χ1) is 19.0. The largest absolute Gasteiger partial charge is 0.401 e. The number of carbonyl (C=O) groups is 1. The molecule has 11 heteroatoms. The molecule has 0 radical (unpaired) electrons. The highest BCUT2D eigenvalue weighted by Gasteiger charge is 2.37. The second kappa shape index (κ2) is 11.5. The predicted octanol–water partition coefficient (Wildman–Crippen LogP) is 5.87. The minimum absolute atomic E-state index is 0.108. The van der Waals surface area contributed by atoms with Crippen molar-refractivity contribution in [1.82, 2.24) is 9.88 Å². The van der Waals surface area contributed by atoms with Crippen LogP contribution in [0.15, 0.2) is 30.5 Å². The van der Waals surface area contributed by atoms with Crippen LogP contribution in [0, 0.1) is 11.7 Å². The third-order valence-electron chi connectivity index (χ3n) is 8.48. The zero-order valence-corrected chi connectivity index (χ0v) is 23.2. The lowest BCUT2D eigenvalue weighted by Gasteiger charge is -2.36. The molecule has 0 bridgehead atoms. The van der Waals surface area contributed by atoms with Crippen molar-refractivity contribution in [2.45, 2.75) is 76.9 Å². The summed E-state index contributed by atoms with van der Waals surface area (Å²) < 4.78 is 58.5. The Morgan fingerprint density at radius 3 is 2.62 bits per heavy atom. The van der Waals surface area contributed by atoms with Gasteiger partial charge in [0.15, 0.2) is 0 Å². The number of alkyl halides is 3. The number of piperidine rings is 1. The standard InChI is InChI=1S/C29H37F4N5O2/c1-18-4-5-23(12-19(2)40-3)38(18)24-6-7-25-26(14-24)37(16-21-13-22(30)15-34-27(21)35-25)28(39)20-8-10-36(11-9-20)17-29(31,32)33/h6-7,13-15,18-20,23H,4-5,8-12,16-17H2,1-3H3,(H,34,35)/t18?,19-,23-/m1/s1. The molecule has 0 saturated carbocycles. The molecule has 1 amide bonds. The molecule has 0 spiro atoms. The maximum absolute atomic E-state index is 14.2. The lowest BCUT2D eigenvalue weighted by Crippen LogP contribution is -2.45. The first-order valence-corrected chi connectivity index (χ1v) is 14.0. The van der Waals surface area contributed by atoms with Crippen LogP contribution in [0.1, 0.15) is 51.5 Å². The number of anilines is 4. The number of hydrogen-bond acceptors (Lipinski definition) is 6. The van der Waals surface area contributed by atoms with E-state index in [0.717, 1.165) is 31.1 Å². The van der Waals surface area contributed by atoms with Crippen LogP contribution in [0.3, 0.4) is 0 Å². The summed E-state index contributed by atoms with van der Waals surface area (Å²) >= 11 is 0. The Morgan fingerprint density at radius 2 is 1.93 bits per heavy atom. The van der Waals surface area contributed by atoms with Crippen LogP contribution >= 0.6 is 0 Å². The maximum Gasteiger partial charge on any atom is 0.401 e. The van der Waals surface area contributed by atoms with Gasteiger partial charge in [0, 0.05) is 36.4 Å². The summed E-state index contributed by atoms with van der Waals surface area (Å²) in [4.78, 5) is 23.7. The Morgan fingerprint density at radius 1 is 1.18 bits per heavy atom. The molecule has 218 valence electrons. The van der Waals surface area contributed by atoms with Gasteiger partial charge in [-0.15, -0.1) is 0 Å². The van der Waals surface area contributed by atoms with E-state index < -0.39 is 24.5 Å². The quantitative estimate of drug-likeness (QED) is 0.444. The number of rotatable bonds is 6. The highest BCUT2D eigenvalue weighted by atomic mass is 19.4. The Labute approximate surface area is 232 Å². The Bertz CT molecular complexity index is 1220. The van der Waals surface area contributed by atoms with Crippen LogP contribution < -0.4 is 15.1 Å². The number of methoxy groups -OCH3 is 1. The average molecular weight is 564 g/mol. The van der Waals surface area contributed by atoms with Crippen molar-refractivity contribution in [2.24, 2.45) is 5.92 Å². The molecule has 1 aromatic heterocycles. The van der Waals surface area contributed by atoms with Gasteiger partial charge >= 0.3 is 6.18 Å². The number of pyridine rings is 1. The van der Waals surface area contributed by atoms with Gasteiger partial charge in [0.05, 0.1) is 36.8 Å². The van der Waals surface area contributed by atoms with E-state index in [0.29, 0.717) is 41.6 Å². The van der Waals surface area contributed by atoms with Gasteiger partial charge in [0.25, 0.3) is 0 Å². The van der Waals surface area contributed by atoms with E-state index in [1.807, 2.05) is 18.2 Å². The van der Waals surface area contributed by atoms with Gasteiger partial charge in [-0.1, -0.05) is 0 Å². The number of amides is 1. The van der Waals surface area contributed by atoms with Crippen molar-refractivity contribution in [2.75, 3.05) is 41.9 Å². The number of likely N-dealkylation sites (tertiary alicyclic amines) is 1. The van der Waals surface area contributed by atoms with Crippen molar-refractivity contribution < 1.29 is 27.1 Å². The summed E-state index contributed by atoms with van der Waals surface area (Å²) in [6.07, 6.45) is 0.615. The highest BCUT2D eigenvalue weighted by molar-refractivity contribution is 6.00. The first kappa shape index (κ1) is 28.6. The van der Waals surface area contributed by atoms with E-state index in [1.54, 1.807) is 12.0 Å². The number of nitrogens with one attached hydrogen (secondary N) is 1. The number of carbonyl (C=O) groups excluding carboxylic acids is 1. The molecular formula is C29H37F4N5O2. The molecule has 2 aromatic rings. The van der Waals surface area contributed by atoms with E-state index in [-0.39, 0.29) is 37.7 Å². The summed E-state index contributed by atoms with van der Waals surface area (Å²) in [7, 11) is 1.72. The third-order valence-corrected chi connectivity index (χ3v) is 8.48. The number of benzene rings is 1. The Kier molecular flexibility index (Phi) is 8.24. The molecule has 5 rings (SSSR count). The van der Waals surface area contributed by atoms with E-state index in [1.165, 1.54) is 11.0 Å². The van der Waals surface area contributed by atoms with Gasteiger partial charge in [0.1, 0.15) is 11.6 Å². The molecular weight excluding hydrogens is 526 g/mol. The van der Waals surface area contributed by atoms with Crippen molar-refractivity contribution in [3.05, 3.63) is 41.8 Å². The maximum atomic E-state index is 14.2. The van der Waals surface area contributed by atoms with E-state index in [9.17, 15) is 22.4 Å². The van der Waals surface area contributed by atoms with Crippen molar-refractivity contribution >= 4 is 28.8 Å². The number of nitrogens with zero attached hydrogens (tertiary/aromatic N) is 4. The third kappa shape index (κ3) is 6.20. The molecule has 3 atom stereocenters. The van der Waals surface area contributed by atoms with Gasteiger partial charge < -0.3 is 19.9 Å². The highest BCUT2D eigenvalue weighted by Crippen LogP contribution is 2.42. The fourth-order valence-corrected chi connectivity index (χ4v) is 6.36. The van der Waals surface area contributed by atoms with E-state index in [4.69, 9.17) is 4.74 Å². The van der Waals surface area contributed by atoms with Gasteiger partial charge in [-0.3, -0.25) is 9.69 Å². The lowest BCUT2D eigenvalue weighted by atomic mass is 9.94. The number of fused-ring (bicyclic) bond motifs is 2. The minimum atomic E-state index is -4.27. The van der Waals surface area contributed by atoms with Gasteiger partial charge in [-0.2, -0.15) is 13.2 Å². The monoisotopic (exact) mass is 563 g/mol. The normalized spacial score (nSPS) is 22.9. The van der Waals surface area contributed by atoms with Crippen LogP contribution in [-0.2, 0) is 16.1 Å². The number of ether oxygens (including phenoxy) is 1. The molecule has 3 aliphatic heterocycles. The second-order valence-corrected chi connectivity index (χ2v) is 11.3. The molecule has 2 fully saturated rings. The topological polar surface area (TPSA) is 60.9 Å². The summed E-state index contributed by atoms with van der Waals surface area (Å²) in [5.41, 5.74) is 2.87. The SMILES string of the molecule is CO[C@H](C)C[C@H]1CCC(C)N1c1ccc2c(c1)N(C(=O)C1CCN(CC(F)(F)F)CC1)Cc1cc(F)cnc1N2. The minimum Gasteiger partial charge on any atom is -0.382 e. The fourth-order valence-electron chi connectivity index (χ4n) is 6.36. The van der Waals surface area contributed by atoms with Crippen molar-refractivity contribution in [3.8, 4) is 0 Å². The molecule has 40 heavy (non-hydrogen) atoms. The lowest BCUT2D eigenvalue weighted by molar-refractivity contribution is -0.149. The molecule has 1 unspecified atom stereocenters. The fraction of sp³-hybridized carbons (Fsp3) is 0.586. The van der Waals surface area contributed by atoms with Gasteiger partial charge in [-0.25, -0.2) is 9.37 Å². The number of halogens is 4. The van der Waals surface area contributed by atoms with Crippen LogP contribution in [0.4, 0.5) is 40.4 Å². The Balaban J connectivity index is 1.46. The molecule has 1 aromatic carbocycles. The molecule has 4 heterocycles. The van der Waals surface area contributed by atoms with Crippen molar-refractivity contribution in [3.63, 3.8) is 0 Å². The van der Waals surface area contributed by atoms with Gasteiger partial charge in [-0.05, 0) is 83.3 Å².